The molecule has 0 saturated carbocycles. The SMILES string of the molecule is CCOC(=O)Cn1nnnc1CN(CCc1ccc(OC)c(OC)c1)Cc1cc2cc(C)cc(C)c2[nH]c1=O. The minimum atomic E-state index is -0.417. The molecule has 0 amide bonds. The number of aromatic nitrogens is 5. The number of carbonyl (C=O) groups excluding carboxylic acids is 1. The molecule has 0 bridgehead atoms. The lowest BCUT2D eigenvalue weighted by Gasteiger charge is -2.22. The van der Waals surface area contributed by atoms with Gasteiger partial charge in [-0.3, -0.25) is 14.5 Å². The van der Waals surface area contributed by atoms with Crippen molar-refractivity contribution in [2.24, 2.45) is 0 Å². The number of H-pyrrole nitrogens is 1. The predicted molar refractivity (Wildman–Crippen MR) is 146 cm³/mol. The second-order valence-electron chi connectivity index (χ2n) is 9.38. The van der Waals surface area contributed by atoms with Crippen LogP contribution in [0.15, 0.2) is 41.2 Å². The minimum Gasteiger partial charge on any atom is -0.493 e. The number of esters is 1. The number of tetrazole rings is 1. The number of ether oxygens (including phenoxy) is 3. The average Bonchev–Trinajstić information content (AvgIpc) is 3.34. The molecule has 4 aromatic rings. The number of nitrogens with zero attached hydrogens (tertiary/aromatic N) is 5. The van der Waals surface area contributed by atoms with Gasteiger partial charge in [-0.1, -0.05) is 17.7 Å². The van der Waals surface area contributed by atoms with E-state index in [2.05, 4.69) is 37.5 Å². The standard InChI is InChI=1S/C28H34N6O5/c1-6-39-26(35)17-34-25(30-31-32-34)16-33(10-9-20-7-8-23(37-4)24(13-20)38-5)15-22-14-21-12-18(2)11-19(3)27(21)29-28(22)36/h7-8,11-14H,6,9-10,15-17H2,1-5H3,(H,29,36). The van der Waals surface area contributed by atoms with Crippen molar-refractivity contribution in [3.05, 3.63) is 74.8 Å². The molecule has 0 fully saturated rings. The van der Waals surface area contributed by atoms with Crippen LogP contribution in [0.2, 0.25) is 0 Å². The third-order valence-corrected chi connectivity index (χ3v) is 6.48. The van der Waals surface area contributed by atoms with E-state index in [-0.39, 0.29) is 18.7 Å². The second-order valence-corrected chi connectivity index (χ2v) is 9.38. The molecule has 1 N–H and O–H groups in total. The predicted octanol–water partition coefficient (Wildman–Crippen LogP) is 2.96. The van der Waals surface area contributed by atoms with Crippen LogP contribution in [0.4, 0.5) is 0 Å². The summed E-state index contributed by atoms with van der Waals surface area (Å²) in [5, 5.41) is 12.9. The van der Waals surface area contributed by atoms with E-state index in [9.17, 15) is 9.59 Å². The topological polar surface area (TPSA) is 124 Å². The van der Waals surface area contributed by atoms with E-state index in [1.165, 1.54) is 4.68 Å². The maximum atomic E-state index is 13.1. The van der Waals surface area contributed by atoms with Gasteiger partial charge in [0.05, 0.1) is 32.9 Å². The highest BCUT2D eigenvalue weighted by atomic mass is 16.5. The molecule has 4 rings (SSSR count). The Bertz CT molecular complexity index is 1510. The lowest BCUT2D eigenvalue weighted by molar-refractivity contribution is -0.144. The van der Waals surface area contributed by atoms with E-state index in [1.807, 2.05) is 38.1 Å². The number of carbonyl (C=O) groups is 1. The van der Waals surface area contributed by atoms with Crippen molar-refractivity contribution in [3.8, 4) is 11.5 Å². The molecule has 11 nitrogen and oxygen atoms in total. The van der Waals surface area contributed by atoms with Gasteiger partial charge in [-0.2, -0.15) is 0 Å². The molecule has 0 atom stereocenters. The summed E-state index contributed by atoms with van der Waals surface area (Å²) in [6.45, 7) is 7.23. The maximum absolute atomic E-state index is 13.1. The van der Waals surface area contributed by atoms with Gasteiger partial charge in [-0.15, -0.1) is 5.10 Å². The monoisotopic (exact) mass is 534 g/mol. The molecule has 2 aromatic heterocycles. The summed E-state index contributed by atoms with van der Waals surface area (Å²) in [7, 11) is 3.20. The van der Waals surface area contributed by atoms with Gasteiger partial charge in [-0.05, 0) is 78.4 Å². The number of nitrogens with one attached hydrogen (secondary N) is 1. The number of fused-ring (bicyclic) bond motifs is 1. The Morgan fingerprint density at radius 1 is 1.05 bits per heavy atom. The zero-order chi connectivity index (χ0) is 27.9. The summed E-state index contributed by atoms with van der Waals surface area (Å²) in [5.74, 6) is 1.39. The van der Waals surface area contributed by atoms with Gasteiger partial charge in [0, 0.05) is 18.7 Å². The third-order valence-electron chi connectivity index (χ3n) is 6.48. The molecule has 39 heavy (non-hydrogen) atoms. The van der Waals surface area contributed by atoms with E-state index in [0.717, 1.165) is 27.6 Å². The molecule has 0 spiro atoms. The van der Waals surface area contributed by atoms with Crippen LogP contribution in [0, 0.1) is 13.8 Å². The zero-order valence-electron chi connectivity index (χ0n) is 23.0. The summed E-state index contributed by atoms with van der Waals surface area (Å²) >= 11 is 0. The van der Waals surface area contributed by atoms with Crippen LogP contribution in [0.3, 0.4) is 0 Å². The Labute approximate surface area is 226 Å². The van der Waals surface area contributed by atoms with Gasteiger partial charge < -0.3 is 19.2 Å². The van der Waals surface area contributed by atoms with E-state index >= 15 is 0 Å². The normalized spacial score (nSPS) is 11.2. The lowest BCUT2D eigenvalue weighted by Crippen LogP contribution is -2.30. The van der Waals surface area contributed by atoms with Crippen LogP contribution in [-0.2, 0) is 35.6 Å². The number of benzene rings is 2. The fourth-order valence-electron chi connectivity index (χ4n) is 4.62. The van der Waals surface area contributed by atoms with Crippen molar-refractivity contribution < 1.29 is 19.0 Å². The van der Waals surface area contributed by atoms with Gasteiger partial charge in [0.15, 0.2) is 17.3 Å². The number of rotatable bonds is 12. The van der Waals surface area contributed by atoms with Crippen molar-refractivity contribution >= 4 is 16.9 Å². The fraction of sp³-hybridized carbons (Fsp3) is 0.393. The highest BCUT2D eigenvalue weighted by Gasteiger charge is 2.18. The Hall–Kier alpha value is -4.25. The van der Waals surface area contributed by atoms with Crippen molar-refractivity contribution in [1.82, 2.24) is 30.1 Å². The minimum absolute atomic E-state index is 0.0885. The first-order valence-electron chi connectivity index (χ1n) is 12.8. The Balaban J connectivity index is 1.62. The van der Waals surface area contributed by atoms with Crippen LogP contribution in [0.1, 0.15) is 35.0 Å². The number of aromatic amines is 1. The summed E-state index contributed by atoms with van der Waals surface area (Å²) in [6, 6.07) is 11.9. The first kappa shape index (κ1) is 27.8. The summed E-state index contributed by atoms with van der Waals surface area (Å²) in [6.07, 6.45) is 0.670. The van der Waals surface area contributed by atoms with Gasteiger partial charge >= 0.3 is 5.97 Å². The van der Waals surface area contributed by atoms with Crippen molar-refractivity contribution in [2.45, 2.75) is 46.8 Å². The number of hydrogen-bond acceptors (Lipinski definition) is 9. The third kappa shape index (κ3) is 6.80. The molecule has 0 aliphatic heterocycles. The molecular weight excluding hydrogens is 500 g/mol. The molecule has 2 heterocycles. The summed E-state index contributed by atoms with van der Waals surface area (Å²) in [5.41, 5.74) is 4.52. The quantitative estimate of drug-likeness (QED) is 0.273. The first-order chi connectivity index (χ1) is 18.8. The molecule has 0 aliphatic carbocycles. The van der Waals surface area contributed by atoms with Gasteiger partial charge in [0.25, 0.3) is 5.56 Å². The molecule has 0 unspecified atom stereocenters. The summed E-state index contributed by atoms with van der Waals surface area (Å²) in [4.78, 5) is 30.3. The molecule has 11 heteroatoms. The molecule has 206 valence electrons. The van der Waals surface area contributed by atoms with Crippen LogP contribution < -0.4 is 15.0 Å². The first-order valence-corrected chi connectivity index (χ1v) is 12.8. The van der Waals surface area contributed by atoms with Crippen LogP contribution in [0.25, 0.3) is 10.9 Å². The van der Waals surface area contributed by atoms with Crippen LogP contribution in [-0.4, -0.2) is 63.4 Å². The summed E-state index contributed by atoms with van der Waals surface area (Å²) < 4.78 is 17.3. The molecule has 2 aromatic carbocycles. The average molecular weight is 535 g/mol. The number of hydrogen-bond donors (Lipinski definition) is 1. The fourth-order valence-corrected chi connectivity index (χ4v) is 4.62. The number of pyridine rings is 1. The Morgan fingerprint density at radius 2 is 1.85 bits per heavy atom. The maximum Gasteiger partial charge on any atom is 0.327 e. The van der Waals surface area contributed by atoms with Crippen LogP contribution >= 0.6 is 0 Å². The van der Waals surface area contributed by atoms with Crippen molar-refractivity contribution in [3.63, 3.8) is 0 Å². The van der Waals surface area contributed by atoms with Crippen molar-refractivity contribution in [2.75, 3.05) is 27.4 Å². The Kier molecular flexibility index (Phi) is 8.92. The molecule has 0 radical (unpaired) electrons. The zero-order valence-corrected chi connectivity index (χ0v) is 23.0. The van der Waals surface area contributed by atoms with Crippen LogP contribution in [0.5, 0.6) is 11.5 Å². The van der Waals surface area contributed by atoms with E-state index in [1.54, 1.807) is 21.1 Å². The Morgan fingerprint density at radius 3 is 2.59 bits per heavy atom. The molecule has 0 saturated heterocycles. The molecule has 0 aliphatic rings. The highest BCUT2D eigenvalue weighted by Crippen LogP contribution is 2.28. The van der Waals surface area contributed by atoms with E-state index in [4.69, 9.17) is 14.2 Å². The van der Waals surface area contributed by atoms with Crippen molar-refractivity contribution in [1.29, 1.82) is 0 Å². The second kappa shape index (κ2) is 12.5. The van der Waals surface area contributed by atoms with Gasteiger partial charge in [0.2, 0.25) is 0 Å². The van der Waals surface area contributed by atoms with Gasteiger partial charge in [0.1, 0.15) is 6.54 Å². The number of aryl methyl sites for hydroxylation is 2. The highest BCUT2D eigenvalue weighted by molar-refractivity contribution is 5.82. The largest absolute Gasteiger partial charge is 0.493 e. The number of methoxy groups -OCH3 is 2. The smallest absolute Gasteiger partial charge is 0.327 e. The lowest BCUT2D eigenvalue weighted by atomic mass is 10.0. The van der Waals surface area contributed by atoms with E-state index < -0.39 is 5.97 Å². The van der Waals surface area contributed by atoms with Gasteiger partial charge in [-0.25, -0.2) is 4.68 Å². The molecular formula is C28H34N6O5. The van der Waals surface area contributed by atoms with E-state index in [0.29, 0.717) is 48.9 Å².